The second-order valence-corrected chi connectivity index (χ2v) is 12.6. The van der Waals surface area contributed by atoms with Gasteiger partial charge in [0.25, 0.3) is 0 Å². The van der Waals surface area contributed by atoms with Gasteiger partial charge in [-0.1, -0.05) is 24.8 Å². The molecule has 0 atom stereocenters. The van der Waals surface area contributed by atoms with E-state index in [4.69, 9.17) is 23.7 Å². The molecule has 0 spiro atoms. The molecule has 1 fully saturated rings. The van der Waals surface area contributed by atoms with Crippen molar-refractivity contribution in [2.75, 3.05) is 19.8 Å². The van der Waals surface area contributed by atoms with Gasteiger partial charge in [0.2, 0.25) is 0 Å². The molecule has 1 aliphatic rings. The number of rotatable bonds is 17. The third-order valence-electron chi connectivity index (χ3n) is 8.21. The Labute approximate surface area is 297 Å². The second kappa shape index (κ2) is 17.8. The molecule has 0 amide bonds. The highest BCUT2D eigenvalue weighted by molar-refractivity contribution is 5.97. The highest BCUT2D eigenvalue weighted by Crippen LogP contribution is 2.29. The number of esters is 4. The predicted octanol–water partition coefficient (Wildman–Crippen LogP) is 8.61. The highest BCUT2D eigenvalue weighted by atomic mass is 16.5. The van der Waals surface area contributed by atoms with Crippen LogP contribution >= 0.6 is 0 Å². The first kappa shape index (κ1) is 36.6. The Morgan fingerprint density at radius 2 is 1.39 bits per heavy atom. The Hall–Kier alpha value is -5.70. The van der Waals surface area contributed by atoms with Gasteiger partial charge in [0.1, 0.15) is 17.2 Å². The molecule has 0 heterocycles. The molecule has 0 N–H and O–H groups in total. The molecule has 4 aromatic rings. The molecular formula is C42H42O9. The molecule has 0 bridgehead atoms. The van der Waals surface area contributed by atoms with Crippen LogP contribution in [0.15, 0.2) is 97.1 Å². The van der Waals surface area contributed by atoms with Gasteiger partial charge in [0.15, 0.2) is 0 Å². The molecule has 1 saturated carbocycles. The van der Waals surface area contributed by atoms with Crippen molar-refractivity contribution in [3.63, 3.8) is 0 Å². The van der Waals surface area contributed by atoms with Crippen LogP contribution in [0.1, 0.15) is 77.3 Å². The fourth-order valence-corrected chi connectivity index (χ4v) is 5.05. The van der Waals surface area contributed by atoms with Crippen molar-refractivity contribution >= 4 is 40.7 Å². The van der Waals surface area contributed by atoms with Crippen LogP contribution in [0, 0.1) is 12.8 Å². The summed E-state index contributed by atoms with van der Waals surface area (Å²) in [6.07, 6.45) is 8.88. The maximum atomic E-state index is 12.9. The van der Waals surface area contributed by atoms with E-state index < -0.39 is 11.9 Å². The average Bonchev–Trinajstić information content (AvgIpc) is 3.96. The van der Waals surface area contributed by atoms with Gasteiger partial charge >= 0.3 is 23.9 Å². The molecule has 4 aromatic carbocycles. The van der Waals surface area contributed by atoms with E-state index in [0.717, 1.165) is 66.2 Å². The maximum Gasteiger partial charge on any atom is 0.343 e. The summed E-state index contributed by atoms with van der Waals surface area (Å²) in [4.78, 5) is 49.0. The summed E-state index contributed by atoms with van der Waals surface area (Å²) in [7, 11) is 0. The monoisotopic (exact) mass is 690 g/mol. The molecule has 51 heavy (non-hydrogen) atoms. The summed E-state index contributed by atoms with van der Waals surface area (Å²) in [6, 6.07) is 22.4. The molecule has 9 nitrogen and oxygen atoms in total. The SMILES string of the molecule is C=C(C)C(=O)OCCCCCCOc1ccc2cc(C(=O)Oc3ccc(C(=O)Oc4ccc(/C=C/C(=O)OCC5CC5)cc4C)cc3)ccc2c1. The van der Waals surface area contributed by atoms with Crippen LogP contribution in [0.25, 0.3) is 16.8 Å². The van der Waals surface area contributed by atoms with Crippen molar-refractivity contribution in [1.29, 1.82) is 0 Å². The Morgan fingerprint density at radius 3 is 2.12 bits per heavy atom. The summed E-state index contributed by atoms with van der Waals surface area (Å²) in [6.45, 7) is 8.45. The van der Waals surface area contributed by atoms with Crippen LogP contribution in [0.2, 0.25) is 0 Å². The first-order chi connectivity index (χ1) is 24.6. The summed E-state index contributed by atoms with van der Waals surface area (Å²) >= 11 is 0. The van der Waals surface area contributed by atoms with Gasteiger partial charge in [-0.25, -0.2) is 19.2 Å². The van der Waals surface area contributed by atoms with Crippen molar-refractivity contribution in [2.24, 2.45) is 5.92 Å². The summed E-state index contributed by atoms with van der Waals surface area (Å²) in [5.41, 5.74) is 2.60. The first-order valence-electron chi connectivity index (χ1n) is 17.1. The molecule has 9 heteroatoms. The van der Waals surface area contributed by atoms with Gasteiger partial charge < -0.3 is 23.7 Å². The quantitative estimate of drug-likeness (QED) is 0.0465. The minimum atomic E-state index is -0.556. The highest BCUT2D eigenvalue weighted by Gasteiger charge is 2.22. The van der Waals surface area contributed by atoms with Crippen LogP contribution in [-0.4, -0.2) is 43.7 Å². The largest absolute Gasteiger partial charge is 0.494 e. The number of hydrogen-bond acceptors (Lipinski definition) is 9. The van der Waals surface area contributed by atoms with E-state index in [2.05, 4.69) is 6.58 Å². The van der Waals surface area contributed by atoms with Gasteiger partial charge in [0.05, 0.1) is 30.9 Å². The fraction of sp³-hybridized carbons (Fsp3) is 0.286. The third-order valence-corrected chi connectivity index (χ3v) is 8.21. The minimum absolute atomic E-state index is 0.288. The summed E-state index contributed by atoms with van der Waals surface area (Å²) in [5.74, 6) is 0.125. The molecule has 0 aromatic heterocycles. The van der Waals surface area contributed by atoms with Gasteiger partial charge in [-0.05, 0) is 147 Å². The van der Waals surface area contributed by atoms with E-state index in [9.17, 15) is 19.2 Å². The first-order valence-corrected chi connectivity index (χ1v) is 17.1. The molecule has 264 valence electrons. The zero-order valence-corrected chi connectivity index (χ0v) is 29.0. The smallest absolute Gasteiger partial charge is 0.343 e. The number of benzene rings is 4. The zero-order chi connectivity index (χ0) is 36.2. The van der Waals surface area contributed by atoms with E-state index in [-0.39, 0.29) is 17.7 Å². The van der Waals surface area contributed by atoms with Crippen LogP contribution in [0.3, 0.4) is 0 Å². The number of ether oxygens (including phenoxy) is 5. The van der Waals surface area contributed by atoms with Gasteiger partial charge in [-0.15, -0.1) is 0 Å². The maximum absolute atomic E-state index is 12.9. The van der Waals surface area contributed by atoms with Crippen molar-refractivity contribution < 1.29 is 42.9 Å². The molecule has 1 aliphatic carbocycles. The van der Waals surface area contributed by atoms with Crippen LogP contribution in [0.5, 0.6) is 17.2 Å². The second-order valence-electron chi connectivity index (χ2n) is 12.6. The lowest BCUT2D eigenvalue weighted by molar-refractivity contribution is -0.139. The van der Waals surface area contributed by atoms with Crippen LogP contribution < -0.4 is 14.2 Å². The summed E-state index contributed by atoms with van der Waals surface area (Å²) < 4.78 is 27.4. The zero-order valence-electron chi connectivity index (χ0n) is 29.0. The predicted molar refractivity (Wildman–Crippen MR) is 194 cm³/mol. The van der Waals surface area contributed by atoms with Crippen molar-refractivity contribution in [3.05, 3.63) is 119 Å². The lowest BCUT2D eigenvalue weighted by atomic mass is 10.1. The van der Waals surface area contributed by atoms with Crippen molar-refractivity contribution in [2.45, 2.75) is 52.4 Å². The lowest BCUT2D eigenvalue weighted by Crippen LogP contribution is -2.10. The number of carbonyl (C=O) groups is 4. The fourth-order valence-electron chi connectivity index (χ4n) is 5.05. The average molecular weight is 691 g/mol. The normalized spacial score (nSPS) is 12.4. The lowest BCUT2D eigenvalue weighted by Gasteiger charge is -2.10. The van der Waals surface area contributed by atoms with Crippen molar-refractivity contribution in [3.8, 4) is 17.2 Å². The Kier molecular flexibility index (Phi) is 12.8. The third kappa shape index (κ3) is 11.4. The molecule has 0 aliphatic heterocycles. The number of hydrogen-bond donors (Lipinski definition) is 0. The molecule has 5 rings (SSSR count). The topological polar surface area (TPSA) is 114 Å². The Bertz CT molecular complexity index is 1920. The van der Waals surface area contributed by atoms with Gasteiger partial charge in [0, 0.05) is 11.6 Å². The standard InChI is InChI=1S/C42H42O9/c1-28(2)40(44)48-23-7-5-4-6-22-47-37-19-16-33-25-35(13-12-34(33)26-37)42(46)50-36-17-14-32(15-18-36)41(45)51-38-20-10-30(24-29(38)3)11-21-39(43)49-27-31-8-9-31/h10-21,24-26,31H,1,4-9,22-23,27H2,2-3H3/b21-11+. The van der Waals surface area contributed by atoms with E-state index in [1.165, 1.54) is 18.2 Å². The van der Waals surface area contributed by atoms with Gasteiger partial charge in [-0.2, -0.15) is 0 Å². The molecular weight excluding hydrogens is 648 g/mol. The molecule has 0 saturated heterocycles. The van der Waals surface area contributed by atoms with E-state index in [1.54, 1.807) is 49.4 Å². The van der Waals surface area contributed by atoms with Gasteiger partial charge in [-0.3, -0.25) is 0 Å². The number of aryl methyl sites for hydroxylation is 1. The Morgan fingerprint density at radius 1 is 0.725 bits per heavy atom. The minimum Gasteiger partial charge on any atom is -0.494 e. The molecule has 0 radical (unpaired) electrons. The van der Waals surface area contributed by atoms with Crippen LogP contribution in [-0.2, 0) is 19.1 Å². The number of carbonyl (C=O) groups excluding carboxylic acids is 4. The van der Waals surface area contributed by atoms with E-state index in [0.29, 0.717) is 48.2 Å². The van der Waals surface area contributed by atoms with Crippen LogP contribution in [0.4, 0.5) is 0 Å². The van der Waals surface area contributed by atoms with Crippen molar-refractivity contribution in [1.82, 2.24) is 0 Å². The Balaban J connectivity index is 1.06. The summed E-state index contributed by atoms with van der Waals surface area (Å²) in [5, 5.41) is 1.79. The molecule has 0 unspecified atom stereocenters. The van der Waals surface area contributed by atoms with E-state index >= 15 is 0 Å². The number of unbranched alkanes of at least 4 members (excludes halogenated alkanes) is 3. The number of fused-ring (bicyclic) bond motifs is 1. The van der Waals surface area contributed by atoms with E-state index in [1.807, 2.05) is 37.3 Å².